The second-order valence-corrected chi connectivity index (χ2v) is 2.04. The van der Waals surface area contributed by atoms with Gasteiger partial charge in [-0.25, -0.2) is 0 Å². The second kappa shape index (κ2) is 2.69. The molecule has 0 atom stereocenters. The van der Waals surface area contributed by atoms with Crippen LogP contribution in [0.2, 0.25) is 0 Å². The standard InChI is InChI=1S/C6H6ClNO/c7-8-4-2-1-3-6(8)5-9/h2-5H,1H2. The molecule has 0 aromatic heterocycles. The van der Waals surface area contributed by atoms with Crippen LogP contribution in [0, 0.1) is 0 Å². The van der Waals surface area contributed by atoms with Crippen LogP contribution in [0.5, 0.6) is 0 Å². The number of allylic oxidation sites excluding steroid dienone is 3. The largest absolute Gasteiger partial charge is 0.296 e. The van der Waals surface area contributed by atoms with Crippen molar-refractivity contribution in [2.45, 2.75) is 6.42 Å². The Hall–Kier alpha value is -0.760. The average Bonchev–Trinajstić information content (AvgIpc) is 1.89. The molecule has 9 heavy (non-hydrogen) atoms. The molecule has 0 radical (unpaired) electrons. The van der Waals surface area contributed by atoms with E-state index in [-0.39, 0.29) is 0 Å². The van der Waals surface area contributed by atoms with E-state index < -0.39 is 0 Å². The first-order valence-corrected chi connectivity index (χ1v) is 2.95. The number of carbonyl (C=O) groups is 1. The summed E-state index contributed by atoms with van der Waals surface area (Å²) in [7, 11) is 0. The van der Waals surface area contributed by atoms with E-state index in [2.05, 4.69) is 0 Å². The van der Waals surface area contributed by atoms with Crippen molar-refractivity contribution in [2.75, 3.05) is 0 Å². The summed E-state index contributed by atoms with van der Waals surface area (Å²) in [5.74, 6) is 0. The molecule has 0 fully saturated rings. The first-order valence-electron chi connectivity index (χ1n) is 2.61. The van der Waals surface area contributed by atoms with E-state index in [0.29, 0.717) is 5.70 Å². The number of aldehydes is 1. The zero-order chi connectivity index (χ0) is 6.69. The third-order valence-electron chi connectivity index (χ3n) is 1.07. The molecule has 0 bridgehead atoms. The van der Waals surface area contributed by atoms with Crippen LogP contribution < -0.4 is 0 Å². The van der Waals surface area contributed by atoms with Crippen molar-refractivity contribution < 1.29 is 4.79 Å². The van der Waals surface area contributed by atoms with Crippen LogP contribution in [0.15, 0.2) is 24.0 Å². The van der Waals surface area contributed by atoms with Gasteiger partial charge in [-0.15, -0.1) is 0 Å². The maximum Gasteiger partial charge on any atom is 0.167 e. The molecular formula is C6H6ClNO. The molecule has 0 saturated carbocycles. The highest BCUT2D eigenvalue weighted by molar-refractivity contribution is 6.16. The Morgan fingerprint density at radius 3 is 3.00 bits per heavy atom. The van der Waals surface area contributed by atoms with E-state index in [1.54, 1.807) is 12.3 Å². The highest BCUT2D eigenvalue weighted by atomic mass is 35.5. The molecule has 0 aromatic rings. The fourth-order valence-electron chi connectivity index (χ4n) is 0.614. The van der Waals surface area contributed by atoms with Gasteiger partial charge in [0.25, 0.3) is 0 Å². The smallest absolute Gasteiger partial charge is 0.167 e. The van der Waals surface area contributed by atoms with Gasteiger partial charge in [-0.2, -0.15) is 0 Å². The lowest BCUT2D eigenvalue weighted by Crippen LogP contribution is -2.06. The quantitative estimate of drug-likeness (QED) is 0.409. The number of carbonyl (C=O) groups excluding carboxylic acids is 1. The Kier molecular flexibility index (Phi) is 1.90. The van der Waals surface area contributed by atoms with Crippen LogP contribution in [0.25, 0.3) is 0 Å². The van der Waals surface area contributed by atoms with Crippen LogP contribution in [-0.2, 0) is 4.79 Å². The van der Waals surface area contributed by atoms with Gasteiger partial charge in [0, 0.05) is 18.0 Å². The summed E-state index contributed by atoms with van der Waals surface area (Å²) in [6, 6.07) is 0. The fourth-order valence-corrected chi connectivity index (χ4v) is 0.802. The third kappa shape index (κ3) is 1.33. The summed E-state index contributed by atoms with van der Waals surface area (Å²) >= 11 is 5.53. The monoisotopic (exact) mass is 143 g/mol. The van der Waals surface area contributed by atoms with E-state index in [9.17, 15) is 4.79 Å². The minimum Gasteiger partial charge on any atom is -0.296 e. The van der Waals surface area contributed by atoms with Gasteiger partial charge >= 0.3 is 0 Å². The minimum atomic E-state index is 0.513. The van der Waals surface area contributed by atoms with Gasteiger partial charge in [0.15, 0.2) is 6.29 Å². The maximum atomic E-state index is 10.1. The Bertz CT molecular complexity index is 174. The van der Waals surface area contributed by atoms with Crippen molar-refractivity contribution in [1.82, 2.24) is 4.42 Å². The van der Waals surface area contributed by atoms with Crippen LogP contribution in [0.3, 0.4) is 0 Å². The molecule has 0 unspecified atom stereocenters. The lowest BCUT2D eigenvalue weighted by Gasteiger charge is -2.11. The van der Waals surface area contributed by atoms with E-state index >= 15 is 0 Å². The van der Waals surface area contributed by atoms with Crippen LogP contribution in [0.4, 0.5) is 0 Å². The van der Waals surface area contributed by atoms with Crippen LogP contribution >= 0.6 is 11.8 Å². The number of rotatable bonds is 1. The highest BCUT2D eigenvalue weighted by Gasteiger charge is 2.03. The predicted molar refractivity (Wildman–Crippen MR) is 35.6 cm³/mol. The Morgan fingerprint density at radius 2 is 2.56 bits per heavy atom. The van der Waals surface area contributed by atoms with Gasteiger partial charge in [0.05, 0.1) is 5.70 Å². The van der Waals surface area contributed by atoms with Gasteiger partial charge in [-0.3, -0.25) is 9.21 Å². The zero-order valence-corrected chi connectivity index (χ0v) is 5.51. The van der Waals surface area contributed by atoms with E-state index in [4.69, 9.17) is 11.8 Å². The van der Waals surface area contributed by atoms with Crippen molar-refractivity contribution in [3.63, 3.8) is 0 Å². The Labute approximate surface area is 58.5 Å². The van der Waals surface area contributed by atoms with Gasteiger partial charge in [0.1, 0.15) is 0 Å². The first-order chi connectivity index (χ1) is 4.34. The number of halogens is 1. The molecule has 0 aliphatic carbocycles. The fraction of sp³-hybridized carbons (Fsp3) is 0.167. The summed E-state index contributed by atoms with van der Waals surface area (Å²) in [5, 5.41) is 0. The molecule has 3 heteroatoms. The predicted octanol–water partition coefficient (Wildman–Crippen LogP) is 1.44. The van der Waals surface area contributed by atoms with Crippen molar-refractivity contribution >= 4 is 18.1 Å². The SMILES string of the molecule is O=CC1=CCC=CN1Cl. The molecule has 48 valence electrons. The van der Waals surface area contributed by atoms with Crippen molar-refractivity contribution in [3.8, 4) is 0 Å². The average molecular weight is 144 g/mol. The summed E-state index contributed by atoms with van der Waals surface area (Å²) in [4.78, 5) is 10.1. The minimum absolute atomic E-state index is 0.513. The Balaban J connectivity index is 2.70. The number of hydrogen-bond donors (Lipinski definition) is 0. The van der Waals surface area contributed by atoms with E-state index in [0.717, 1.165) is 12.7 Å². The molecule has 1 aliphatic heterocycles. The van der Waals surface area contributed by atoms with Gasteiger partial charge in [-0.1, -0.05) is 12.2 Å². The lowest BCUT2D eigenvalue weighted by molar-refractivity contribution is -0.105. The molecule has 1 aliphatic rings. The molecule has 0 N–H and O–H groups in total. The number of nitrogens with zero attached hydrogens (tertiary/aromatic N) is 1. The molecule has 0 aromatic carbocycles. The zero-order valence-electron chi connectivity index (χ0n) is 4.75. The van der Waals surface area contributed by atoms with Gasteiger partial charge < -0.3 is 0 Å². The third-order valence-corrected chi connectivity index (χ3v) is 1.37. The maximum absolute atomic E-state index is 10.1. The van der Waals surface area contributed by atoms with Crippen molar-refractivity contribution in [1.29, 1.82) is 0 Å². The molecule has 0 amide bonds. The summed E-state index contributed by atoms with van der Waals surface area (Å²) in [5.41, 5.74) is 0.513. The van der Waals surface area contributed by atoms with Gasteiger partial charge in [-0.05, 0) is 6.42 Å². The van der Waals surface area contributed by atoms with E-state index in [1.807, 2.05) is 6.08 Å². The van der Waals surface area contributed by atoms with Crippen LogP contribution in [0.1, 0.15) is 6.42 Å². The van der Waals surface area contributed by atoms with Gasteiger partial charge in [0.2, 0.25) is 0 Å². The summed E-state index contributed by atoms with van der Waals surface area (Å²) in [6.45, 7) is 0. The van der Waals surface area contributed by atoms with Crippen LogP contribution in [-0.4, -0.2) is 10.7 Å². The molecule has 1 heterocycles. The molecular weight excluding hydrogens is 138 g/mol. The lowest BCUT2D eigenvalue weighted by atomic mass is 10.3. The molecule has 2 nitrogen and oxygen atoms in total. The summed E-state index contributed by atoms with van der Waals surface area (Å²) < 4.78 is 1.27. The molecule has 0 saturated heterocycles. The molecule has 0 spiro atoms. The van der Waals surface area contributed by atoms with E-state index in [1.165, 1.54) is 4.42 Å². The van der Waals surface area contributed by atoms with Crippen molar-refractivity contribution in [2.24, 2.45) is 0 Å². The molecule has 1 rings (SSSR count). The number of hydrogen-bond acceptors (Lipinski definition) is 2. The second-order valence-electron chi connectivity index (χ2n) is 1.68. The first kappa shape index (κ1) is 6.36. The normalized spacial score (nSPS) is 17.4. The highest BCUT2D eigenvalue weighted by Crippen LogP contribution is 2.12. The Morgan fingerprint density at radius 1 is 1.78 bits per heavy atom. The summed E-state index contributed by atoms with van der Waals surface area (Å²) in [6.07, 6.45) is 6.82. The van der Waals surface area contributed by atoms with Crippen molar-refractivity contribution in [3.05, 3.63) is 24.0 Å². The topological polar surface area (TPSA) is 20.3 Å².